The third kappa shape index (κ3) is 10.8. The first-order valence-electron chi connectivity index (χ1n) is 9.83. The summed E-state index contributed by atoms with van der Waals surface area (Å²) < 4.78 is 12.0. The van der Waals surface area contributed by atoms with E-state index in [-0.39, 0.29) is 10.1 Å². The maximum Gasteiger partial charge on any atom is 0.129 e. The zero-order valence-electron chi connectivity index (χ0n) is 17.7. The summed E-state index contributed by atoms with van der Waals surface area (Å²) in [5.41, 5.74) is 1.98. The number of unbranched alkanes of at least 4 members (excludes halogenated alkanes) is 3. The Labute approximate surface area is 179 Å². The molecular formula is C22H33Cl2NO3. The Bertz CT molecular complexity index is 648. The largest absolute Gasteiger partial charge is 0.493 e. The van der Waals surface area contributed by atoms with Crippen LogP contribution >= 0.6 is 23.2 Å². The van der Waals surface area contributed by atoms with Gasteiger partial charge in [0.05, 0.1) is 6.61 Å². The second-order valence-electron chi connectivity index (χ2n) is 7.58. The van der Waals surface area contributed by atoms with Crippen molar-refractivity contribution in [2.45, 2.75) is 72.3 Å². The van der Waals surface area contributed by atoms with Gasteiger partial charge < -0.3 is 14.3 Å². The van der Waals surface area contributed by atoms with Gasteiger partial charge in [-0.25, -0.2) is 0 Å². The fraction of sp³-hybridized carbons (Fsp3) is 0.591. The minimum atomic E-state index is -0.229. The molecule has 0 fully saturated rings. The zero-order chi connectivity index (χ0) is 21.0. The van der Waals surface area contributed by atoms with Crippen molar-refractivity contribution >= 4 is 29.4 Å². The van der Waals surface area contributed by atoms with Gasteiger partial charge in [0.15, 0.2) is 0 Å². The van der Waals surface area contributed by atoms with Crippen molar-refractivity contribution in [3.8, 4) is 11.5 Å². The average Bonchev–Trinajstić information content (AvgIpc) is 2.60. The van der Waals surface area contributed by atoms with Gasteiger partial charge in [-0.05, 0) is 89.1 Å². The summed E-state index contributed by atoms with van der Waals surface area (Å²) in [6.07, 6.45) is 8.43. The van der Waals surface area contributed by atoms with Crippen LogP contribution < -0.4 is 9.47 Å². The summed E-state index contributed by atoms with van der Waals surface area (Å²) >= 11 is 11.2. The van der Waals surface area contributed by atoms with Crippen LogP contribution in [0, 0.1) is 6.92 Å². The molecule has 0 N–H and O–H groups in total. The summed E-state index contributed by atoms with van der Waals surface area (Å²) in [6, 6.07) is 4.00. The Balaban J connectivity index is 2.40. The molecule has 0 bridgehead atoms. The van der Waals surface area contributed by atoms with E-state index in [1.165, 1.54) is 0 Å². The molecule has 0 atom stereocenters. The van der Waals surface area contributed by atoms with Crippen molar-refractivity contribution < 1.29 is 14.3 Å². The second kappa shape index (κ2) is 12.9. The predicted molar refractivity (Wildman–Crippen MR) is 119 cm³/mol. The molecule has 0 spiro atoms. The highest BCUT2D eigenvalue weighted by Crippen LogP contribution is 2.30. The molecule has 0 aliphatic heterocycles. The Kier molecular flexibility index (Phi) is 11.4. The van der Waals surface area contributed by atoms with Gasteiger partial charge >= 0.3 is 0 Å². The van der Waals surface area contributed by atoms with E-state index in [0.717, 1.165) is 54.7 Å². The van der Waals surface area contributed by atoms with Crippen molar-refractivity contribution in [1.82, 2.24) is 0 Å². The molecular weight excluding hydrogens is 397 g/mol. The summed E-state index contributed by atoms with van der Waals surface area (Å²) in [4.78, 5) is 5.32. The lowest BCUT2D eigenvalue weighted by molar-refractivity contribution is 0.00156. The number of benzene rings is 1. The summed E-state index contributed by atoms with van der Waals surface area (Å²) in [5.74, 6) is 1.75. The van der Waals surface area contributed by atoms with Crippen molar-refractivity contribution in [3.05, 3.63) is 33.8 Å². The second-order valence-corrected chi connectivity index (χ2v) is 8.58. The van der Waals surface area contributed by atoms with Gasteiger partial charge in [-0.15, -0.1) is 0 Å². The smallest absolute Gasteiger partial charge is 0.129 e. The van der Waals surface area contributed by atoms with Gasteiger partial charge in [-0.3, -0.25) is 0 Å². The van der Waals surface area contributed by atoms with E-state index in [1.807, 2.05) is 46.0 Å². The molecule has 1 aromatic carbocycles. The van der Waals surface area contributed by atoms with Gasteiger partial charge in [0.2, 0.25) is 0 Å². The SMILES string of the molecule is CCc1cc(OCC=C(Cl)Cl)cc(C)c1OCCCCCC=NOC(C)(C)C. The molecule has 0 unspecified atom stereocenters. The van der Waals surface area contributed by atoms with E-state index in [1.54, 1.807) is 6.08 Å². The summed E-state index contributed by atoms with van der Waals surface area (Å²) in [6.45, 7) is 11.2. The molecule has 1 rings (SSSR count). The van der Waals surface area contributed by atoms with Gasteiger partial charge in [-0.2, -0.15) is 0 Å². The molecule has 0 heterocycles. The Morgan fingerprint density at radius 1 is 1.11 bits per heavy atom. The normalized spacial score (nSPS) is 11.5. The van der Waals surface area contributed by atoms with E-state index in [4.69, 9.17) is 37.5 Å². The first kappa shape index (κ1) is 24.6. The van der Waals surface area contributed by atoms with Crippen LogP contribution in [0.15, 0.2) is 27.9 Å². The van der Waals surface area contributed by atoms with Gasteiger partial charge in [0.1, 0.15) is 28.2 Å². The van der Waals surface area contributed by atoms with Crippen LogP contribution in [0.2, 0.25) is 0 Å². The number of ether oxygens (including phenoxy) is 2. The van der Waals surface area contributed by atoms with Gasteiger partial charge in [0, 0.05) is 6.21 Å². The van der Waals surface area contributed by atoms with Crippen molar-refractivity contribution in [3.63, 3.8) is 0 Å². The molecule has 1 aromatic rings. The third-order valence-corrected chi connectivity index (χ3v) is 4.13. The first-order valence-corrected chi connectivity index (χ1v) is 10.6. The number of rotatable bonds is 12. The number of nitrogens with zero attached hydrogens (tertiary/aromatic N) is 1. The van der Waals surface area contributed by atoms with Crippen molar-refractivity contribution in [1.29, 1.82) is 0 Å². The molecule has 0 saturated heterocycles. The predicted octanol–water partition coefficient (Wildman–Crippen LogP) is 7.00. The van der Waals surface area contributed by atoms with Crippen LogP contribution in [0.3, 0.4) is 0 Å². The fourth-order valence-electron chi connectivity index (χ4n) is 2.50. The van der Waals surface area contributed by atoms with E-state index < -0.39 is 0 Å². The van der Waals surface area contributed by atoms with E-state index in [0.29, 0.717) is 13.2 Å². The lowest BCUT2D eigenvalue weighted by Gasteiger charge is -2.16. The molecule has 0 aliphatic rings. The summed E-state index contributed by atoms with van der Waals surface area (Å²) in [7, 11) is 0. The average molecular weight is 430 g/mol. The van der Waals surface area contributed by atoms with Crippen molar-refractivity contribution in [2.75, 3.05) is 13.2 Å². The topological polar surface area (TPSA) is 40.0 Å². The van der Waals surface area contributed by atoms with Crippen LogP contribution in [0.5, 0.6) is 11.5 Å². The number of hydrogen-bond donors (Lipinski definition) is 0. The van der Waals surface area contributed by atoms with E-state index in [9.17, 15) is 0 Å². The maximum absolute atomic E-state index is 6.06. The Morgan fingerprint density at radius 2 is 1.86 bits per heavy atom. The third-order valence-electron chi connectivity index (χ3n) is 3.82. The van der Waals surface area contributed by atoms with Crippen molar-refractivity contribution in [2.24, 2.45) is 5.16 Å². The van der Waals surface area contributed by atoms with Crippen LogP contribution in [-0.4, -0.2) is 25.0 Å². The molecule has 4 nitrogen and oxygen atoms in total. The zero-order valence-corrected chi connectivity index (χ0v) is 19.2. The summed E-state index contributed by atoms with van der Waals surface area (Å²) in [5, 5.41) is 4.00. The Morgan fingerprint density at radius 3 is 2.50 bits per heavy atom. The number of hydrogen-bond acceptors (Lipinski definition) is 4. The lowest BCUT2D eigenvalue weighted by atomic mass is 10.1. The molecule has 0 aliphatic carbocycles. The molecule has 0 radical (unpaired) electrons. The molecule has 6 heteroatoms. The quantitative estimate of drug-likeness (QED) is 0.204. The van der Waals surface area contributed by atoms with Crippen LogP contribution in [0.4, 0.5) is 0 Å². The molecule has 0 aromatic heterocycles. The minimum Gasteiger partial charge on any atom is -0.493 e. The monoisotopic (exact) mass is 429 g/mol. The van der Waals surface area contributed by atoms with Crippen LogP contribution in [-0.2, 0) is 11.3 Å². The fourth-order valence-corrected chi connectivity index (χ4v) is 2.63. The molecule has 0 amide bonds. The van der Waals surface area contributed by atoms with Gasteiger partial charge in [0.25, 0.3) is 0 Å². The minimum absolute atomic E-state index is 0.209. The maximum atomic E-state index is 6.06. The van der Waals surface area contributed by atoms with Crippen LogP contribution in [0.1, 0.15) is 64.5 Å². The number of aryl methyl sites for hydroxylation is 2. The Hall–Kier alpha value is -1.39. The first-order chi connectivity index (χ1) is 13.2. The van der Waals surface area contributed by atoms with E-state index in [2.05, 4.69) is 12.1 Å². The lowest BCUT2D eigenvalue weighted by Crippen LogP contribution is -2.15. The number of oxime groups is 1. The highest BCUT2D eigenvalue weighted by Gasteiger charge is 2.10. The molecule has 0 saturated carbocycles. The van der Waals surface area contributed by atoms with Crippen LogP contribution in [0.25, 0.3) is 0 Å². The van der Waals surface area contributed by atoms with Gasteiger partial charge in [-0.1, -0.05) is 35.3 Å². The highest BCUT2D eigenvalue weighted by molar-refractivity contribution is 6.55. The standard InChI is InChI=1S/C22H33Cl2NO3/c1-6-18-16-19(26-14-11-20(23)24)15-17(2)21(18)27-13-10-8-7-9-12-25-28-22(3,4)5/h11-12,15-16H,6-10,13-14H2,1-5H3. The highest BCUT2D eigenvalue weighted by atomic mass is 35.5. The molecule has 158 valence electrons. The van der Waals surface area contributed by atoms with E-state index >= 15 is 0 Å². The molecule has 28 heavy (non-hydrogen) atoms. The number of halogens is 2.